The summed E-state index contributed by atoms with van der Waals surface area (Å²) >= 11 is 0. The van der Waals surface area contributed by atoms with Crippen molar-refractivity contribution in [2.75, 3.05) is 0 Å². The molecule has 0 aliphatic heterocycles. The van der Waals surface area contributed by atoms with Crippen molar-refractivity contribution < 1.29 is 0 Å². The van der Waals surface area contributed by atoms with Crippen molar-refractivity contribution in [3.63, 3.8) is 0 Å². The van der Waals surface area contributed by atoms with Gasteiger partial charge in [0, 0.05) is 0 Å². The van der Waals surface area contributed by atoms with Crippen LogP contribution in [0.25, 0.3) is 0 Å². The Morgan fingerprint density at radius 3 is 2.32 bits per heavy atom. The molecule has 0 heteroatoms. The summed E-state index contributed by atoms with van der Waals surface area (Å²) in [6.07, 6.45) is 11.0. The van der Waals surface area contributed by atoms with Gasteiger partial charge in [0.05, 0.1) is 0 Å². The second-order valence-corrected chi connectivity index (χ2v) is 10.3. The van der Waals surface area contributed by atoms with Gasteiger partial charge in [0.15, 0.2) is 0 Å². The number of rotatable bonds is 1. The highest BCUT2D eigenvalue weighted by Gasteiger charge is 2.77. The molecule has 0 heterocycles. The summed E-state index contributed by atoms with van der Waals surface area (Å²) in [4.78, 5) is 0. The highest BCUT2D eigenvalue weighted by Crippen LogP contribution is 2.84. The standard InChI is InChI=1S/C19H30/c1-5-19-11-17(3)6-12-13-7-16(2,8-14(12)19)9-15(19)18(13,4)10-17/h12-15H,5-11H2,1-4H3. The Morgan fingerprint density at radius 1 is 0.842 bits per heavy atom. The molecule has 7 rings (SSSR count). The molecule has 7 fully saturated rings. The third kappa shape index (κ3) is 1.03. The molecule has 0 radical (unpaired) electrons. The summed E-state index contributed by atoms with van der Waals surface area (Å²) in [6, 6.07) is 0. The van der Waals surface area contributed by atoms with Crippen molar-refractivity contribution in [2.24, 2.45) is 45.3 Å². The molecule has 0 aromatic carbocycles. The SMILES string of the molecule is CCC12CC3(C)CC4C5CC(C)(CC41)CC2C5(C)C3. The van der Waals surface area contributed by atoms with Crippen LogP contribution in [0.5, 0.6) is 0 Å². The molecule has 0 amide bonds. The Morgan fingerprint density at radius 2 is 1.58 bits per heavy atom. The minimum Gasteiger partial charge on any atom is -0.0648 e. The molecule has 7 aliphatic rings. The van der Waals surface area contributed by atoms with E-state index in [4.69, 9.17) is 0 Å². The molecule has 0 aromatic rings. The molecule has 7 aliphatic carbocycles. The predicted molar refractivity (Wildman–Crippen MR) is 78.7 cm³/mol. The van der Waals surface area contributed by atoms with Crippen LogP contribution in [0, 0.1) is 45.3 Å². The fourth-order valence-corrected chi connectivity index (χ4v) is 9.27. The van der Waals surface area contributed by atoms with Gasteiger partial charge in [0.2, 0.25) is 0 Å². The van der Waals surface area contributed by atoms with Crippen molar-refractivity contribution in [3.8, 4) is 0 Å². The Balaban J connectivity index is 1.76. The van der Waals surface area contributed by atoms with Crippen molar-refractivity contribution >= 4 is 0 Å². The monoisotopic (exact) mass is 258 g/mol. The Labute approximate surface area is 118 Å². The molecule has 8 unspecified atom stereocenters. The zero-order valence-electron chi connectivity index (χ0n) is 13.3. The first kappa shape index (κ1) is 11.6. The van der Waals surface area contributed by atoms with Gasteiger partial charge >= 0.3 is 0 Å². The van der Waals surface area contributed by atoms with Gasteiger partial charge in [-0.15, -0.1) is 0 Å². The lowest BCUT2D eigenvalue weighted by atomic mass is 9.23. The fourth-order valence-electron chi connectivity index (χ4n) is 9.27. The molecule has 106 valence electrons. The van der Waals surface area contributed by atoms with Gasteiger partial charge in [-0.25, -0.2) is 0 Å². The third-order valence-electron chi connectivity index (χ3n) is 9.18. The molecular weight excluding hydrogens is 228 g/mol. The molecule has 0 nitrogen and oxygen atoms in total. The minimum absolute atomic E-state index is 0.712. The Bertz CT molecular complexity index is 467. The van der Waals surface area contributed by atoms with Gasteiger partial charge < -0.3 is 0 Å². The topological polar surface area (TPSA) is 0 Å². The second-order valence-electron chi connectivity index (χ2n) is 10.3. The summed E-state index contributed by atoms with van der Waals surface area (Å²) < 4.78 is 0. The van der Waals surface area contributed by atoms with Gasteiger partial charge in [0.1, 0.15) is 0 Å². The molecule has 0 spiro atoms. The van der Waals surface area contributed by atoms with E-state index >= 15 is 0 Å². The highest BCUT2D eigenvalue weighted by atomic mass is 14.8. The largest absolute Gasteiger partial charge is 0.0648 e. The van der Waals surface area contributed by atoms with Crippen molar-refractivity contribution in [2.45, 2.75) is 72.6 Å². The molecule has 0 saturated heterocycles. The molecule has 8 atom stereocenters. The van der Waals surface area contributed by atoms with E-state index in [2.05, 4.69) is 27.7 Å². The lowest BCUT2D eigenvalue weighted by Gasteiger charge is -2.82. The molecule has 0 aromatic heterocycles. The minimum atomic E-state index is 0.712. The van der Waals surface area contributed by atoms with E-state index in [1.54, 1.807) is 38.5 Å². The van der Waals surface area contributed by atoms with E-state index in [0.717, 1.165) is 39.9 Å². The van der Waals surface area contributed by atoms with Crippen LogP contribution in [-0.4, -0.2) is 0 Å². The summed E-state index contributed by atoms with van der Waals surface area (Å²) in [5.74, 6) is 4.41. The summed E-state index contributed by atoms with van der Waals surface area (Å²) in [7, 11) is 0. The quantitative estimate of drug-likeness (QED) is 0.600. The van der Waals surface area contributed by atoms with Crippen LogP contribution in [0.3, 0.4) is 0 Å². The maximum absolute atomic E-state index is 2.72. The van der Waals surface area contributed by atoms with Crippen molar-refractivity contribution in [3.05, 3.63) is 0 Å². The number of hydrogen-bond donors (Lipinski definition) is 0. The smallest absolute Gasteiger partial charge is 0.0230 e. The zero-order chi connectivity index (χ0) is 13.3. The first-order valence-electron chi connectivity index (χ1n) is 8.84. The van der Waals surface area contributed by atoms with Crippen LogP contribution in [0.1, 0.15) is 72.6 Å². The van der Waals surface area contributed by atoms with Crippen LogP contribution in [0.15, 0.2) is 0 Å². The average Bonchev–Trinajstić information content (AvgIpc) is 2.33. The van der Waals surface area contributed by atoms with Gasteiger partial charge in [-0.3, -0.25) is 0 Å². The summed E-state index contributed by atoms with van der Waals surface area (Å²) in [6.45, 7) is 10.5. The van der Waals surface area contributed by atoms with Crippen LogP contribution < -0.4 is 0 Å². The van der Waals surface area contributed by atoms with E-state index in [1.807, 2.05) is 0 Å². The van der Waals surface area contributed by atoms with Crippen LogP contribution in [0.2, 0.25) is 0 Å². The molecule has 7 saturated carbocycles. The van der Waals surface area contributed by atoms with E-state index in [1.165, 1.54) is 6.42 Å². The predicted octanol–water partition coefficient (Wildman–Crippen LogP) is 5.28. The lowest BCUT2D eigenvalue weighted by Crippen LogP contribution is -2.74. The second kappa shape index (κ2) is 2.81. The highest BCUT2D eigenvalue weighted by molar-refractivity contribution is 5.25. The molecule has 19 heavy (non-hydrogen) atoms. The molecule has 0 N–H and O–H groups in total. The number of hydrogen-bond acceptors (Lipinski definition) is 0. The van der Waals surface area contributed by atoms with Gasteiger partial charge in [-0.2, -0.15) is 0 Å². The van der Waals surface area contributed by atoms with Gasteiger partial charge in [-0.1, -0.05) is 27.7 Å². The maximum atomic E-state index is 2.72. The van der Waals surface area contributed by atoms with E-state index in [0.29, 0.717) is 5.41 Å². The lowest BCUT2D eigenvalue weighted by molar-refractivity contribution is -0.332. The van der Waals surface area contributed by atoms with Crippen molar-refractivity contribution in [1.82, 2.24) is 0 Å². The average molecular weight is 258 g/mol. The Hall–Kier alpha value is 0. The van der Waals surface area contributed by atoms with Crippen LogP contribution in [0.4, 0.5) is 0 Å². The van der Waals surface area contributed by atoms with Gasteiger partial charge in [-0.05, 0) is 90.3 Å². The van der Waals surface area contributed by atoms with Gasteiger partial charge in [0.25, 0.3) is 0 Å². The van der Waals surface area contributed by atoms with E-state index in [-0.39, 0.29) is 0 Å². The molecule has 8 bridgehead atoms. The van der Waals surface area contributed by atoms with Crippen LogP contribution in [-0.2, 0) is 0 Å². The Kier molecular flexibility index (Phi) is 1.72. The normalized spacial score (nSPS) is 72.0. The van der Waals surface area contributed by atoms with Crippen LogP contribution >= 0.6 is 0 Å². The summed E-state index contributed by atoms with van der Waals surface area (Å²) in [5, 5.41) is 0. The van der Waals surface area contributed by atoms with E-state index < -0.39 is 0 Å². The summed E-state index contributed by atoms with van der Waals surface area (Å²) in [5.41, 5.74) is 2.94. The first-order valence-corrected chi connectivity index (χ1v) is 8.84. The third-order valence-corrected chi connectivity index (χ3v) is 9.18. The molecular formula is C19H30. The maximum Gasteiger partial charge on any atom is -0.0230 e. The van der Waals surface area contributed by atoms with Crippen molar-refractivity contribution in [1.29, 1.82) is 0 Å². The van der Waals surface area contributed by atoms with E-state index in [9.17, 15) is 0 Å². The zero-order valence-corrected chi connectivity index (χ0v) is 13.3. The first-order chi connectivity index (χ1) is 8.84. The fraction of sp³-hybridized carbons (Fsp3) is 1.00.